The highest BCUT2D eigenvalue weighted by Crippen LogP contribution is 2.33. The molecule has 1 aromatic rings. The van der Waals surface area contributed by atoms with Gasteiger partial charge in [-0.1, -0.05) is 0 Å². The van der Waals surface area contributed by atoms with E-state index in [4.69, 9.17) is 14.2 Å². The van der Waals surface area contributed by atoms with Crippen LogP contribution >= 0.6 is 0 Å². The number of carbonyl (C=O) groups excluding carboxylic acids is 3. The first kappa shape index (κ1) is 21.7. The van der Waals surface area contributed by atoms with E-state index in [1.807, 2.05) is 20.8 Å². The number of esters is 1. The topological polar surface area (TPSA) is 82.1 Å². The SMILES string of the molecule is CC(C(=O)c1ccc2c(c1)OCO2)N(C)C(=O)CCCCC(=O)OC(C)(C)C. The maximum Gasteiger partial charge on any atom is 0.306 e. The molecule has 1 amide bonds. The van der Waals surface area contributed by atoms with Gasteiger partial charge >= 0.3 is 5.97 Å². The monoisotopic (exact) mass is 391 g/mol. The highest BCUT2D eigenvalue weighted by Gasteiger charge is 2.25. The number of carbonyl (C=O) groups is 3. The average Bonchev–Trinajstić information content (AvgIpc) is 3.09. The third kappa shape index (κ3) is 5.97. The van der Waals surface area contributed by atoms with Gasteiger partial charge in [0.15, 0.2) is 17.3 Å². The van der Waals surface area contributed by atoms with Crippen LogP contribution in [0.5, 0.6) is 11.5 Å². The number of hydrogen-bond donors (Lipinski definition) is 0. The Balaban J connectivity index is 1.80. The van der Waals surface area contributed by atoms with E-state index >= 15 is 0 Å². The van der Waals surface area contributed by atoms with Crippen LogP contribution in [0.2, 0.25) is 0 Å². The zero-order chi connectivity index (χ0) is 20.9. The molecular formula is C21H29NO6. The number of nitrogens with zero attached hydrogens (tertiary/aromatic N) is 1. The van der Waals surface area contributed by atoms with Gasteiger partial charge in [0.25, 0.3) is 0 Å². The lowest BCUT2D eigenvalue weighted by atomic mass is 10.0. The molecule has 0 saturated heterocycles. The van der Waals surface area contributed by atoms with Crippen molar-refractivity contribution in [3.8, 4) is 11.5 Å². The summed E-state index contributed by atoms with van der Waals surface area (Å²) < 4.78 is 15.8. The zero-order valence-corrected chi connectivity index (χ0v) is 17.2. The van der Waals surface area contributed by atoms with Gasteiger partial charge in [-0.3, -0.25) is 14.4 Å². The van der Waals surface area contributed by atoms with Gasteiger partial charge in [0.2, 0.25) is 12.7 Å². The summed E-state index contributed by atoms with van der Waals surface area (Å²) in [5.41, 5.74) is -0.0289. The number of likely N-dealkylation sites (N-methyl/N-ethyl adjacent to an activating group) is 1. The molecule has 1 heterocycles. The normalized spacial score (nSPS) is 13.8. The number of amides is 1. The fourth-order valence-corrected chi connectivity index (χ4v) is 2.80. The van der Waals surface area contributed by atoms with Gasteiger partial charge in [-0.2, -0.15) is 0 Å². The average molecular weight is 391 g/mol. The molecule has 1 aliphatic rings. The number of fused-ring (bicyclic) bond motifs is 1. The molecule has 2 rings (SSSR count). The highest BCUT2D eigenvalue weighted by molar-refractivity contribution is 6.02. The minimum Gasteiger partial charge on any atom is -0.460 e. The molecular weight excluding hydrogens is 362 g/mol. The van der Waals surface area contributed by atoms with E-state index in [1.165, 1.54) is 4.90 Å². The van der Waals surface area contributed by atoms with Crippen molar-refractivity contribution in [2.24, 2.45) is 0 Å². The van der Waals surface area contributed by atoms with Crippen LogP contribution in [0.1, 0.15) is 63.7 Å². The molecule has 154 valence electrons. The van der Waals surface area contributed by atoms with E-state index in [0.29, 0.717) is 29.9 Å². The lowest BCUT2D eigenvalue weighted by molar-refractivity contribution is -0.155. The second kappa shape index (κ2) is 9.08. The third-order valence-corrected chi connectivity index (χ3v) is 4.45. The molecule has 1 unspecified atom stereocenters. The second-order valence-electron chi connectivity index (χ2n) is 7.91. The molecule has 0 radical (unpaired) electrons. The van der Waals surface area contributed by atoms with Crippen LogP contribution in [-0.2, 0) is 14.3 Å². The Morgan fingerprint density at radius 2 is 1.75 bits per heavy atom. The predicted molar refractivity (Wildman–Crippen MR) is 103 cm³/mol. The van der Waals surface area contributed by atoms with Crippen LogP contribution in [0.4, 0.5) is 0 Å². The van der Waals surface area contributed by atoms with Gasteiger partial charge in [-0.05, 0) is 58.7 Å². The predicted octanol–water partition coefficient (Wildman–Crippen LogP) is 3.35. The quantitative estimate of drug-likeness (QED) is 0.384. The summed E-state index contributed by atoms with van der Waals surface area (Å²) in [5, 5.41) is 0. The number of benzene rings is 1. The Labute approximate surface area is 165 Å². The minimum absolute atomic E-state index is 0.134. The van der Waals surface area contributed by atoms with Gasteiger partial charge in [0.1, 0.15) is 5.60 Å². The maximum absolute atomic E-state index is 12.7. The van der Waals surface area contributed by atoms with Crippen LogP contribution in [0.3, 0.4) is 0 Å². The molecule has 0 saturated carbocycles. The smallest absolute Gasteiger partial charge is 0.306 e. The van der Waals surface area contributed by atoms with Crippen molar-refractivity contribution in [3.05, 3.63) is 23.8 Å². The largest absolute Gasteiger partial charge is 0.460 e. The standard InChI is InChI=1S/C21H29NO6/c1-14(20(25)15-10-11-16-17(12-15)27-13-26-16)22(5)18(23)8-6-7-9-19(24)28-21(2,3)4/h10-12,14H,6-9,13H2,1-5H3. The van der Waals surface area contributed by atoms with E-state index in [1.54, 1.807) is 32.2 Å². The number of hydrogen-bond acceptors (Lipinski definition) is 6. The lowest BCUT2D eigenvalue weighted by Gasteiger charge is -2.24. The van der Waals surface area contributed by atoms with Crippen molar-refractivity contribution in [1.82, 2.24) is 4.90 Å². The molecule has 0 aliphatic carbocycles. The summed E-state index contributed by atoms with van der Waals surface area (Å²) in [6.07, 6.45) is 1.68. The molecule has 7 heteroatoms. The molecule has 0 N–H and O–H groups in total. The van der Waals surface area contributed by atoms with Crippen molar-refractivity contribution in [2.45, 2.75) is 65.0 Å². The zero-order valence-electron chi connectivity index (χ0n) is 17.2. The van der Waals surface area contributed by atoms with Crippen LogP contribution < -0.4 is 9.47 Å². The summed E-state index contributed by atoms with van der Waals surface area (Å²) in [6.45, 7) is 7.31. The van der Waals surface area contributed by atoms with Crippen molar-refractivity contribution in [3.63, 3.8) is 0 Å². The van der Waals surface area contributed by atoms with Crippen LogP contribution in [-0.4, -0.2) is 48.0 Å². The Kier molecular flexibility index (Phi) is 7.05. The molecule has 0 bridgehead atoms. The van der Waals surface area contributed by atoms with E-state index in [-0.39, 0.29) is 37.3 Å². The molecule has 0 spiro atoms. The van der Waals surface area contributed by atoms with Gasteiger partial charge in [-0.25, -0.2) is 0 Å². The number of Topliss-reactive ketones (excluding diaryl/α,β-unsaturated/α-hetero) is 1. The maximum atomic E-state index is 12.7. The van der Waals surface area contributed by atoms with E-state index in [9.17, 15) is 14.4 Å². The van der Waals surface area contributed by atoms with Crippen molar-refractivity contribution in [2.75, 3.05) is 13.8 Å². The van der Waals surface area contributed by atoms with Crippen LogP contribution in [0, 0.1) is 0 Å². The molecule has 0 aromatic heterocycles. The number of ketones is 1. The molecule has 1 aromatic carbocycles. The van der Waals surface area contributed by atoms with Crippen LogP contribution in [0.15, 0.2) is 18.2 Å². The van der Waals surface area contributed by atoms with Crippen molar-refractivity contribution < 1.29 is 28.6 Å². The number of ether oxygens (including phenoxy) is 3. The van der Waals surface area contributed by atoms with E-state index in [2.05, 4.69) is 0 Å². The Morgan fingerprint density at radius 3 is 2.43 bits per heavy atom. The Morgan fingerprint density at radius 1 is 1.11 bits per heavy atom. The van der Waals surface area contributed by atoms with Crippen LogP contribution in [0.25, 0.3) is 0 Å². The molecule has 1 aliphatic heterocycles. The summed E-state index contributed by atoms with van der Waals surface area (Å²) >= 11 is 0. The minimum atomic E-state index is -0.598. The van der Waals surface area contributed by atoms with E-state index in [0.717, 1.165) is 0 Å². The summed E-state index contributed by atoms with van der Waals surface area (Å²) in [7, 11) is 1.62. The summed E-state index contributed by atoms with van der Waals surface area (Å²) in [6, 6.07) is 4.41. The summed E-state index contributed by atoms with van der Waals surface area (Å²) in [5.74, 6) is 0.584. The fraction of sp³-hybridized carbons (Fsp3) is 0.571. The summed E-state index contributed by atoms with van der Waals surface area (Å²) in [4.78, 5) is 38.2. The molecule has 0 fully saturated rings. The molecule has 7 nitrogen and oxygen atoms in total. The Bertz CT molecular complexity index is 737. The first-order chi connectivity index (χ1) is 13.1. The molecule has 1 atom stereocenters. The highest BCUT2D eigenvalue weighted by atomic mass is 16.7. The van der Waals surface area contributed by atoms with Gasteiger partial charge < -0.3 is 19.1 Å². The number of unbranched alkanes of at least 4 members (excludes halogenated alkanes) is 1. The van der Waals surface area contributed by atoms with E-state index < -0.39 is 11.6 Å². The van der Waals surface area contributed by atoms with Gasteiger partial charge in [0, 0.05) is 25.5 Å². The second-order valence-corrected chi connectivity index (χ2v) is 7.91. The first-order valence-corrected chi connectivity index (χ1v) is 9.50. The Hall–Kier alpha value is -2.57. The van der Waals surface area contributed by atoms with Crippen molar-refractivity contribution in [1.29, 1.82) is 0 Å². The molecule has 28 heavy (non-hydrogen) atoms. The van der Waals surface area contributed by atoms with Crippen molar-refractivity contribution >= 4 is 17.7 Å². The third-order valence-electron chi connectivity index (χ3n) is 4.45. The van der Waals surface area contributed by atoms with Gasteiger partial charge in [0.05, 0.1) is 6.04 Å². The first-order valence-electron chi connectivity index (χ1n) is 9.50. The fourth-order valence-electron chi connectivity index (χ4n) is 2.80. The lowest BCUT2D eigenvalue weighted by Crippen LogP contribution is -2.40. The van der Waals surface area contributed by atoms with Gasteiger partial charge in [-0.15, -0.1) is 0 Å². The number of rotatable bonds is 8.